The molecule has 0 radical (unpaired) electrons. The molecule has 0 saturated carbocycles. The van der Waals surface area contributed by atoms with Gasteiger partial charge in [-0.05, 0) is 54.4 Å². The van der Waals surface area contributed by atoms with Crippen LogP contribution in [0.2, 0.25) is 0 Å². The quantitative estimate of drug-likeness (QED) is 0.455. The maximum atomic E-state index is 12.7. The molecular formula is C27H30N2O5. The first-order chi connectivity index (χ1) is 16.5. The van der Waals surface area contributed by atoms with Crippen molar-refractivity contribution in [3.8, 4) is 11.1 Å². The molecule has 0 saturated heterocycles. The van der Waals surface area contributed by atoms with Gasteiger partial charge in [-0.3, -0.25) is 9.59 Å². The summed E-state index contributed by atoms with van der Waals surface area (Å²) in [6.45, 7) is 0.585. The van der Waals surface area contributed by atoms with Crippen molar-refractivity contribution < 1.29 is 24.2 Å². The SMILES string of the molecule is O=C(O)CCC(NC(=O)OCC1c2ccccc2-c2ccccc21)C(=O)NCCC1=CCCC1. The molecule has 4 rings (SSSR count). The number of allylic oxidation sites excluding steroid dienone is 1. The fourth-order valence-electron chi connectivity index (χ4n) is 4.75. The highest BCUT2D eigenvalue weighted by atomic mass is 16.5. The van der Waals surface area contributed by atoms with Crippen LogP contribution >= 0.6 is 0 Å². The molecule has 2 aliphatic rings. The third kappa shape index (κ3) is 5.65. The zero-order valence-electron chi connectivity index (χ0n) is 19.1. The summed E-state index contributed by atoms with van der Waals surface area (Å²) in [6, 6.07) is 15.1. The second kappa shape index (κ2) is 11.0. The molecule has 7 nitrogen and oxygen atoms in total. The Hall–Kier alpha value is -3.61. The van der Waals surface area contributed by atoms with Crippen LogP contribution in [0.25, 0.3) is 11.1 Å². The van der Waals surface area contributed by atoms with E-state index in [0.717, 1.165) is 47.9 Å². The van der Waals surface area contributed by atoms with Gasteiger partial charge >= 0.3 is 12.1 Å². The van der Waals surface area contributed by atoms with Crippen LogP contribution in [0.4, 0.5) is 4.79 Å². The van der Waals surface area contributed by atoms with E-state index >= 15 is 0 Å². The van der Waals surface area contributed by atoms with Gasteiger partial charge in [0.2, 0.25) is 5.91 Å². The molecule has 3 N–H and O–H groups in total. The summed E-state index contributed by atoms with van der Waals surface area (Å²) in [4.78, 5) is 36.3. The fraction of sp³-hybridized carbons (Fsp3) is 0.370. The molecule has 0 bridgehead atoms. The topological polar surface area (TPSA) is 105 Å². The highest BCUT2D eigenvalue weighted by Crippen LogP contribution is 2.44. The number of aliphatic carboxylic acids is 1. The summed E-state index contributed by atoms with van der Waals surface area (Å²) < 4.78 is 5.53. The number of rotatable bonds is 10. The summed E-state index contributed by atoms with van der Waals surface area (Å²) in [6.07, 6.45) is 5.27. The molecule has 2 aromatic rings. The standard InChI is InChI=1S/C27H30N2O5/c30-25(31)14-13-24(26(32)28-16-15-18-7-1-2-8-18)29-27(33)34-17-23-21-11-5-3-9-19(21)20-10-4-6-12-22(20)23/h3-7,9-12,23-24H,1-2,8,13-17H2,(H,28,32)(H,29,33)(H,30,31). The summed E-state index contributed by atoms with van der Waals surface area (Å²) in [5.41, 5.74) is 5.77. The lowest BCUT2D eigenvalue weighted by molar-refractivity contribution is -0.137. The first-order valence-electron chi connectivity index (χ1n) is 11.8. The molecular weight excluding hydrogens is 432 g/mol. The highest BCUT2D eigenvalue weighted by molar-refractivity contribution is 5.86. The minimum absolute atomic E-state index is 0.00589. The van der Waals surface area contributed by atoms with Crippen LogP contribution in [-0.2, 0) is 14.3 Å². The van der Waals surface area contributed by atoms with Crippen molar-refractivity contribution in [3.05, 3.63) is 71.3 Å². The van der Waals surface area contributed by atoms with E-state index in [4.69, 9.17) is 9.84 Å². The van der Waals surface area contributed by atoms with E-state index in [2.05, 4.69) is 28.8 Å². The molecule has 0 fully saturated rings. The summed E-state index contributed by atoms with van der Waals surface area (Å²) in [5, 5.41) is 14.4. The molecule has 0 aromatic heterocycles. The van der Waals surface area contributed by atoms with E-state index in [1.807, 2.05) is 36.4 Å². The van der Waals surface area contributed by atoms with Crippen LogP contribution in [-0.4, -0.2) is 42.3 Å². The first kappa shape index (κ1) is 23.5. The Morgan fingerprint density at radius 3 is 2.32 bits per heavy atom. The molecule has 1 atom stereocenters. The van der Waals surface area contributed by atoms with Crippen LogP contribution < -0.4 is 10.6 Å². The van der Waals surface area contributed by atoms with Gasteiger partial charge in [0.15, 0.2) is 0 Å². The lowest BCUT2D eigenvalue weighted by atomic mass is 9.98. The van der Waals surface area contributed by atoms with Gasteiger partial charge < -0.3 is 20.5 Å². The summed E-state index contributed by atoms with van der Waals surface area (Å²) >= 11 is 0. The van der Waals surface area contributed by atoms with Gasteiger partial charge in [0.1, 0.15) is 12.6 Å². The number of hydrogen-bond acceptors (Lipinski definition) is 4. The minimum Gasteiger partial charge on any atom is -0.481 e. The average molecular weight is 463 g/mol. The van der Waals surface area contributed by atoms with Gasteiger partial charge in [0, 0.05) is 18.9 Å². The van der Waals surface area contributed by atoms with Gasteiger partial charge in [-0.2, -0.15) is 0 Å². The number of carbonyl (C=O) groups is 3. The van der Waals surface area contributed by atoms with Gasteiger partial charge in [0.05, 0.1) is 0 Å². The molecule has 1 unspecified atom stereocenters. The first-order valence-corrected chi connectivity index (χ1v) is 11.8. The predicted octanol–water partition coefficient (Wildman–Crippen LogP) is 4.38. The highest BCUT2D eigenvalue weighted by Gasteiger charge is 2.30. The molecule has 2 amide bonds. The van der Waals surface area contributed by atoms with Gasteiger partial charge in [-0.1, -0.05) is 60.2 Å². The predicted molar refractivity (Wildman–Crippen MR) is 128 cm³/mol. The van der Waals surface area contributed by atoms with Crippen molar-refractivity contribution >= 4 is 18.0 Å². The zero-order valence-corrected chi connectivity index (χ0v) is 19.1. The van der Waals surface area contributed by atoms with Crippen LogP contribution in [0.1, 0.15) is 55.6 Å². The number of alkyl carbamates (subject to hydrolysis) is 1. The Balaban J connectivity index is 1.35. The third-order valence-corrected chi connectivity index (χ3v) is 6.48. The smallest absolute Gasteiger partial charge is 0.407 e. The summed E-state index contributed by atoms with van der Waals surface area (Å²) in [7, 11) is 0. The molecule has 7 heteroatoms. The Morgan fingerprint density at radius 1 is 1.03 bits per heavy atom. The number of carboxylic acid groups (broad SMARTS) is 1. The Labute approximate surface area is 199 Å². The number of fused-ring (bicyclic) bond motifs is 3. The van der Waals surface area contributed by atoms with E-state index in [0.29, 0.717) is 6.54 Å². The number of carbonyl (C=O) groups excluding carboxylic acids is 2. The Morgan fingerprint density at radius 2 is 1.71 bits per heavy atom. The van der Waals surface area contributed by atoms with Crippen molar-refractivity contribution in [2.75, 3.05) is 13.2 Å². The van der Waals surface area contributed by atoms with Crippen LogP contribution in [0, 0.1) is 0 Å². The number of amides is 2. The number of carboxylic acids is 1. The van der Waals surface area contributed by atoms with Crippen molar-refractivity contribution in [1.29, 1.82) is 0 Å². The average Bonchev–Trinajstić information content (AvgIpc) is 3.46. The number of nitrogens with one attached hydrogen (secondary N) is 2. The van der Waals surface area contributed by atoms with Crippen molar-refractivity contribution in [2.45, 2.75) is 50.5 Å². The molecule has 2 aromatic carbocycles. The third-order valence-electron chi connectivity index (χ3n) is 6.48. The lowest BCUT2D eigenvalue weighted by Crippen LogP contribution is -2.47. The van der Waals surface area contributed by atoms with E-state index in [1.54, 1.807) is 0 Å². The van der Waals surface area contributed by atoms with Crippen LogP contribution in [0.15, 0.2) is 60.2 Å². The number of hydrogen-bond donors (Lipinski definition) is 3. The maximum Gasteiger partial charge on any atom is 0.407 e. The largest absolute Gasteiger partial charge is 0.481 e. The van der Waals surface area contributed by atoms with E-state index in [1.165, 1.54) is 5.57 Å². The second-order valence-corrected chi connectivity index (χ2v) is 8.75. The van der Waals surface area contributed by atoms with Gasteiger partial charge in [0.25, 0.3) is 0 Å². The van der Waals surface area contributed by atoms with Crippen LogP contribution in [0.3, 0.4) is 0 Å². The number of ether oxygens (including phenoxy) is 1. The van der Waals surface area contributed by atoms with E-state index in [9.17, 15) is 14.4 Å². The van der Waals surface area contributed by atoms with Crippen molar-refractivity contribution in [1.82, 2.24) is 10.6 Å². The molecule has 178 valence electrons. The summed E-state index contributed by atoms with van der Waals surface area (Å²) in [5.74, 6) is -1.51. The normalized spacial score (nSPS) is 15.1. The van der Waals surface area contributed by atoms with E-state index in [-0.39, 0.29) is 25.4 Å². The lowest BCUT2D eigenvalue weighted by Gasteiger charge is -2.19. The van der Waals surface area contributed by atoms with Crippen LogP contribution in [0.5, 0.6) is 0 Å². The second-order valence-electron chi connectivity index (χ2n) is 8.75. The Kier molecular flexibility index (Phi) is 7.62. The zero-order chi connectivity index (χ0) is 23.9. The molecule has 0 heterocycles. The Bertz CT molecular complexity index is 1050. The molecule has 2 aliphatic carbocycles. The molecule has 34 heavy (non-hydrogen) atoms. The maximum absolute atomic E-state index is 12.7. The van der Waals surface area contributed by atoms with E-state index < -0.39 is 24.0 Å². The molecule has 0 aliphatic heterocycles. The molecule has 0 spiro atoms. The van der Waals surface area contributed by atoms with Gasteiger partial charge in [-0.15, -0.1) is 0 Å². The van der Waals surface area contributed by atoms with Crippen molar-refractivity contribution in [2.24, 2.45) is 0 Å². The van der Waals surface area contributed by atoms with Crippen molar-refractivity contribution in [3.63, 3.8) is 0 Å². The fourth-order valence-corrected chi connectivity index (χ4v) is 4.75. The monoisotopic (exact) mass is 462 g/mol. The number of benzene rings is 2. The minimum atomic E-state index is -1.02. The van der Waals surface area contributed by atoms with Gasteiger partial charge in [-0.25, -0.2) is 4.79 Å².